The van der Waals surface area contributed by atoms with Gasteiger partial charge >= 0.3 is 0 Å². The average Bonchev–Trinajstić information content (AvgIpc) is 2.30. The Labute approximate surface area is 114 Å². The molecular formula is C14H23N3S. The number of aryl methyl sites for hydroxylation is 1. The van der Waals surface area contributed by atoms with Crippen LogP contribution >= 0.6 is 11.8 Å². The number of pyridine rings is 1. The van der Waals surface area contributed by atoms with Gasteiger partial charge in [0, 0.05) is 53.3 Å². The van der Waals surface area contributed by atoms with Crippen LogP contribution in [0.5, 0.6) is 0 Å². The van der Waals surface area contributed by atoms with E-state index in [2.05, 4.69) is 53.8 Å². The first kappa shape index (κ1) is 13.7. The molecule has 1 fully saturated rings. The lowest BCUT2D eigenvalue weighted by Crippen LogP contribution is -2.43. The maximum absolute atomic E-state index is 4.42. The molecule has 2 rings (SSSR count). The Bertz CT molecular complexity index is 418. The number of rotatable bonds is 3. The number of nitrogens with one attached hydrogen (secondary N) is 1. The fourth-order valence-electron chi connectivity index (χ4n) is 2.42. The van der Waals surface area contributed by atoms with Gasteiger partial charge in [0.05, 0.1) is 0 Å². The molecule has 0 aliphatic carbocycles. The number of thioether (sulfide) groups is 1. The van der Waals surface area contributed by atoms with Crippen molar-refractivity contribution in [2.24, 2.45) is 0 Å². The van der Waals surface area contributed by atoms with Crippen LogP contribution in [0.2, 0.25) is 0 Å². The number of hydrogen-bond acceptors (Lipinski definition) is 4. The summed E-state index contributed by atoms with van der Waals surface area (Å²) in [6.45, 7) is 9.85. The summed E-state index contributed by atoms with van der Waals surface area (Å²) in [4.78, 5) is 6.93. The molecule has 0 atom stereocenters. The van der Waals surface area contributed by atoms with E-state index in [4.69, 9.17) is 0 Å². The number of nitrogens with zero attached hydrogens (tertiary/aromatic N) is 2. The van der Waals surface area contributed by atoms with E-state index in [1.807, 2.05) is 13.2 Å². The monoisotopic (exact) mass is 265 g/mol. The molecule has 0 spiro atoms. The largest absolute Gasteiger partial charge is 0.369 e. The van der Waals surface area contributed by atoms with Crippen molar-refractivity contribution in [3.05, 3.63) is 23.5 Å². The maximum Gasteiger partial charge on any atom is 0.0446 e. The molecule has 3 nitrogen and oxygen atoms in total. The molecule has 1 aliphatic heterocycles. The average molecular weight is 265 g/mol. The van der Waals surface area contributed by atoms with E-state index in [0.29, 0.717) is 4.75 Å². The van der Waals surface area contributed by atoms with Gasteiger partial charge in [0.2, 0.25) is 0 Å². The molecule has 1 aliphatic rings. The van der Waals surface area contributed by atoms with Crippen LogP contribution in [0.15, 0.2) is 12.3 Å². The molecular weight excluding hydrogens is 242 g/mol. The summed E-state index contributed by atoms with van der Waals surface area (Å²) in [5.41, 5.74) is 3.75. The predicted molar refractivity (Wildman–Crippen MR) is 80.5 cm³/mol. The Morgan fingerprint density at radius 1 is 1.50 bits per heavy atom. The minimum absolute atomic E-state index is 0.340. The Balaban J connectivity index is 2.28. The van der Waals surface area contributed by atoms with Crippen LogP contribution in [0.4, 0.5) is 5.69 Å². The van der Waals surface area contributed by atoms with Crippen LogP contribution in [0.3, 0.4) is 0 Å². The smallest absolute Gasteiger partial charge is 0.0446 e. The molecule has 0 amide bonds. The highest BCUT2D eigenvalue weighted by Crippen LogP contribution is 2.33. The maximum atomic E-state index is 4.42. The zero-order valence-electron chi connectivity index (χ0n) is 11.8. The van der Waals surface area contributed by atoms with Crippen LogP contribution in [0, 0.1) is 6.92 Å². The Hall–Kier alpha value is -0.740. The second kappa shape index (κ2) is 5.49. The van der Waals surface area contributed by atoms with Gasteiger partial charge in [0.25, 0.3) is 0 Å². The summed E-state index contributed by atoms with van der Waals surface area (Å²) in [7, 11) is 1.99. The first-order valence-electron chi connectivity index (χ1n) is 6.51. The SMILES string of the molecule is CNCc1cnc(C)cc1N1CCSC(C)(C)C1. The predicted octanol–water partition coefficient (Wildman–Crippen LogP) is 2.44. The van der Waals surface area contributed by atoms with Gasteiger partial charge < -0.3 is 10.2 Å². The normalized spacial score (nSPS) is 19.0. The Morgan fingerprint density at radius 3 is 2.94 bits per heavy atom. The summed E-state index contributed by atoms with van der Waals surface area (Å²) in [6, 6.07) is 2.22. The fraction of sp³-hybridized carbons (Fsp3) is 0.643. The highest BCUT2D eigenvalue weighted by Gasteiger charge is 2.28. The van der Waals surface area contributed by atoms with E-state index in [1.54, 1.807) is 0 Å². The van der Waals surface area contributed by atoms with Gasteiger partial charge in [-0.15, -0.1) is 0 Å². The van der Waals surface area contributed by atoms with Gasteiger partial charge in [-0.05, 0) is 33.9 Å². The van der Waals surface area contributed by atoms with Crippen LogP contribution in [-0.4, -0.2) is 35.6 Å². The van der Waals surface area contributed by atoms with Crippen molar-refractivity contribution in [2.75, 3.05) is 30.8 Å². The standard InChI is InChI=1S/C14H23N3S/c1-11-7-13(12(8-15-4)9-16-11)17-5-6-18-14(2,3)10-17/h7,9,15H,5-6,8,10H2,1-4H3. The molecule has 1 aromatic rings. The quantitative estimate of drug-likeness (QED) is 0.908. The zero-order chi connectivity index (χ0) is 13.2. The molecule has 1 saturated heterocycles. The van der Waals surface area contributed by atoms with E-state index in [9.17, 15) is 0 Å². The van der Waals surface area contributed by atoms with E-state index >= 15 is 0 Å². The van der Waals surface area contributed by atoms with Crippen LogP contribution < -0.4 is 10.2 Å². The van der Waals surface area contributed by atoms with E-state index in [1.165, 1.54) is 17.0 Å². The summed E-state index contributed by atoms with van der Waals surface area (Å²) in [5.74, 6) is 1.20. The highest BCUT2D eigenvalue weighted by atomic mass is 32.2. The Kier molecular flexibility index (Phi) is 4.17. The molecule has 1 N–H and O–H groups in total. The van der Waals surface area contributed by atoms with Gasteiger partial charge in [-0.2, -0.15) is 11.8 Å². The van der Waals surface area contributed by atoms with Gasteiger partial charge in [-0.25, -0.2) is 0 Å². The molecule has 0 radical (unpaired) electrons. The first-order chi connectivity index (χ1) is 8.52. The van der Waals surface area contributed by atoms with Crippen molar-refractivity contribution in [1.29, 1.82) is 0 Å². The summed E-state index contributed by atoms with van der Waals surface area (Å²) < 4.78 is 0.340. The second-order valence-corrected chi connectivity index (χ2v) is 7.32. The van der Waals surface area contributed by atoms with Crippen molar-refractivity contribution >= 4 is 17.4 Å². The number of hydrogen-bond donors (Lipinski definition) is 1. The molecule has 1 aromatic heterocycles. The number of anilines is 1. The van der Waals surface area contributed by atoms with Crippen molar-refractivity contribution in [2.45, 2.75) is 32.1 Å². The van der Waals surface area contributed by atoms with Gasteiger partial charge in [0.1, 0.15) is 0 Å². The second-order valence-electron chi connectivity index (χ2n) is 5.51. The Morgan fingerprint density at radius 2 is 2.28 bits per heavy atom. The van der Waals surface area contributed by atoms with Crippen LogP contribution in [-0.2, 0) is 6.54 Å². The van der Waals surface area contributed by atoms with E-state index < -0.39 is 0 Å². The van der Waals surface area contributed by atoms with Crippen molar-refractivity contribution in [3.8, 4) is 0 Å². The molecule has 0 bridgehead atoms. The molecule has 18 heavy (non-hydrogen) atoms. The summed E-state index contributed by atoms with van der Waals surface area (Å²) >= 11 is 2.07. The molecule has 0 aromatic carbocycles. The van der Waals surface area contributed by atoms with Crippen molar-refractivity contribution in [3.63, 3.8) is 0 Å². The van der Waals surface area contributed by atoms with E-state index in [-0.39, 0.29) is 0 Å². The third-order valence-electron chi connectivity index (χ3n) is 3.23. The zero-order valence-corrected chi connectivity index (χ0v) is 12.6. The van der Waals surface area contributed by atoms with E-state index in [0.717, 1.165) is 25.3 Å². The molecule has 100 valence electrons. The first-order valence-corrected chi connectivity index (χ1v) is 7.49. The summed E-state index contributed by atoms with van der Waals surface area (Å²) in [6.07, 6.45) is 2.01. The lowest BCUT2D eigenvalue weighted by Gasteiger charge is -2.39. The number of aromatic nitrogens is 1. The third-order valence-corrected chi connectivity index (χ3v) is 4.53. The molecule has 0 unspecified atom stereocenters. The fourth-order valence-corrected chi connectivity index (χ4v) is 3.53. The van der Waals surface area contributed by atoms with Crippen LogP contribution in [0.25, 0.3) is 0 Å². The van der Waals surface area contributed by atoms with Crippen molar-refractivity contribution < 1.29 is 0 Å². The molecule has 2 heterocycles. The topological polar surface area (TPSA) is 28.2 Å². The highest BCUT2D eigenvalue weighted by molar-refractivity contribution is 8.00. The van der Waals surface area contributed by atoms with Gasteiger partial charge in [0.15, 0.2) is 0 Å². The third kappa shape index (κ3) is 3.18. The van der Waals surface area contributed by atoms with Crippen LogP contribution in [0.1, 0.15) is 25.1 Å². The van der Waals surface area contributed by atoms with Gasteiger partial charge in [-0.3, -0.25) is 4.98 Å². The van der Waals surface area contributed by atoms with Crippen molar-refractivity contribution in [1.82, 2.24) is 10.3 Å². The minimum Gasteiger partial charge on any atom is -0.369 e. The molecule has 4 heteroatoms. The molecule has 0 saturated carbocycles. The summed E-state index contributed by atoms with van der Waals surface area (Å²) in [5, 5.41) is 3.23. The van der Waals surface area contributed by atoms with Gasteiger partial charge in [-0.1, -0.05) is 0 Å². The lowest BCUT2D eigenvalue weighted by atomic mass is 10.1. The lowest BCUT2D eigenvalue weighted by molar-refractivity contribution is 0.643. The minimum atomic E-state index is 0.340.